The molecule has 1 unspecified atom stereocenters. The van der Waals surface area contributed by atoms with Gasteiger partial charge in [0, 0.05) is 13.5 Å². The van der Waals surface area contributed by atoms with Gasteiger partial charge in [0.15, 0.2) is 0 Å². The van der Waals surface area contributed by atoms with Crippen LogP contribution in [-0.2, 0) is 0 Å². The van der Waals surface area contributed by atoms with Crippen molar-refractivity contribution in [3.05, 3.63) is 0 Å². The molecule has 0 aliphatic heterocycles. The lowest BCUT2D eigenvalue weighted by Crippen LogP contribution is -2.49. The van der Waals surface area contributed by atoms with Crippen molar-refractivity contribution in [1.29, 1.82) is 0 Å². The Kier molecular flexibility index (Phi) is 2.74. The second-order valence-electron chi connectivity index (χ2n) is 2.69. The number of hydrogen-bond acceptors (Lipinski definition) is 2. The van der Waals surface area contributed by atoms with Gasteiger partial charge in [-0.1, -0.05) is 0 Å². The number of aliphatic hydroxyl groups is 1. The van der Waals surface area contributed by atoms with E-state index in [1.165, 1.54) is 7.05 Å². The number of halogens is 2. The Hall–Kier alpha value is -0.220. The summed E-state index contributed by atoms with van der Waals surface area (Å²) < 4.78 is 24.8. The summed E-state index contributed by atoms with van der Waals surface area (Å²) in [6.45, 7) is 1.68. The Morgan fingerprint density at radius 3 is 1.90 bits per heavy atom. The van der Waals surface area contributed by atoms with E-state index < -0.39 is 11.5 Å². The van der Waals surface area contributed by atoms with E-state index in [4.69, 9.17) is 5.11 Å². The quantitative estimate of drug-likeness (QED) is 0.622. The molecule has 0 fully saturated rings. The van der Waals surface area contributed by atoms with Crippen LogP contribution in [0.3, 0.4) is 0 Å². The van der Waals surface area contributed by atoms with Crippen LogP contribution in [0.1, 0.15) is 13.8 Å². The van der Waals surface area contributed by atoms with Gasteiger partial charge in [0.2, 0.25) is 0 Å². The Bertz CT molecular complexity index is 109. The lowest BCUT2D eigenvalue weighted by molar-refractivity contribution is -0.155. The molecule has 2 nitrogen and oxygen atoms in total. The molecular weight excluding hydrogens is 140 g/mol. The zero-order valence-electron chi connectivity index (χ0n) is 6.41. The fraction of sp³-hybridized carbons (Fsp3) is 1.00. The molecule has 2 N–H and O–H groups in total. The first-order valence-corrected chi connectivity index (χ1v) is 3.06. The Morgan fingerprint density at radius 2 is 1.80 bits per heavy atom. The van der Waals surface area contributed by atoms with E-state index in [0.717, 1.165) is 6.92 Å². The third-order valence-corrected chi connectivity index (χ3v) is 1.47. The summed E-state index contributed by atoms with van der Waals surface area (Å²) in [7, 11) is 1.51. The van der Waals surface area contributed by atoms with E-state index >= 15 is 0 Å². The minimum absolute atomic E-state index is 0.115. The number of hydrogen-bond donors (Lipinski definition) is 2. The van der Waals surface area contributed by atoms with Crippen LogP contribution in [0, 0.1) is 0 Å². The van der Waals surface area contributed by atoms with Crippen molar-refractivity contribution in [3.8, 4) is 0 Å². The summed E-state index contributed by atoms with van der Waals surface area (Å²) in [5.41, 5.74) is -1.96. The highest BCUT2D eigenvalue weighted by molar-refractivity contribution is 4.86. The van der Waals surface area contributed by atoms with Crippen LogP contribution in [0.5, 0.6) is 0 Å². The zero-order chi connectivity index (χ0) is 8.41. The second-order valence-corrected chi connectivity index (χ2v) is 2.69. The third-order valence-electron chi connectivity index (χ3n) is 1.47. The molecule has 0 aromatic rings. The molecule has 0 aliphatic carbocycles. The van der Waals surface area contributed by atoms with Crippen LogP contribution < -0.4 is 5.32 Å². The van der Waals surface area contributed by atoms with Crippen molar-refractivity contribution >= 4 is 0 Å². The first kappa shape index (κ1) is 9.78. The molecule has 0 spiro atoms. The van der Waals surface area contributed by atoms with Crippen LogP contribution in [0.4, 0.5) is 8.78 Å². The smallest absolute Gasteiger partial charge is 0.274 e. The van der Waals surface area contributed by atoms with E-state index in [1.54, 1.807) is 0 Å². The van der Waals surface area contributed by atoms with E-state index in [2.05, 4.69) is 5.32 Å². The van der Waals surface area contributed by atoms with Gasteiger partial charge >= 0.3 is 0 Å². The standard InChI is InChI=1S/C6H13F2NO/c1-5(10,4-9-3)6(2,7)8/h9-10H,4H2,1-3H3. The van der Waals surface area contributed by atoms with Crippen LogP contribution in [0.15, 0.2) is 0 Å². The van der Waals surface area contributed by atoms with E-state index in [0.29, 0.717) is 6.92 Å². The molecule has 0 rings (SSSR count). The Balaban J connectivity index is 4.10. The molecule has 0 saturated heterocycles. The summed E-state index contributed by atoms with van der Waals surface area (Å²) in [5.74, 6) is -3.06. The minimum atomic E-state index is -3.06. The van der Waals surface area contributed by atoms with Crippen LogP contribution in [0.25, 0.3) is 0 Å². The fourth-order valence-corrected chi connectivity index (χ4v) is 0.499. The average Bonchev–Trinajstić information content (AvgIpc) is 1.61. The fourth-order valence-electron chi connectivity index (χ4n) is 0.499. The van der Waals surface area contributed by atoms with Crippen molar-refractivity contribution in [3.63, 3.8) is 0 Å². The second kappa shape index (κ2) is 2.80. The van der Waals surface area contributed by atoms with Gasteiger partial charge in [0.1, 0.15) is 5.60 Å². The molecule has 1 atom stereocenters. The molecule has 0 aliphatic rings. The van der Waals surface area contributed by atoms with Gasteiger partial charge in [-0.15, -0.1) is 0 Å². The van der Waals surface area contributed by atoms with Crippen molar-refractivity contribution in [1.82, 2.24) is 5.32 Å². The Labute approximate surface area is 59.2 Å². The normalized spacial score (nSPS) is 18.6. The van der Waals surface area contributed by atoms with Crippen molar-refractivity contribution in [2.24, 2.45) is 0 Å². The maximum absolute atomic E-state index is 12.4. The predicted molar refractivity (Wildman–Crippen MR) is 35.2 cm³/mol. The molecule has 62 valence electrons. The molecule has 0 saturated carbocycles. The zero-order valence-corrected chi connectivity index (χ0v) is 6.41. The molecule has 0 aromatic carbocycles. The summed E-state index contributed by atoms with van der Waals surface area (Å²) in [5, 5.41) is 11.5. The lowest BCUT2D eigenvalue weighted by atomic mass is 10.00. The maximum Gasteiger partial charge on any atom is 0.274 e. The monoisotopic (exact) mass is 153 g/mol. The lowest BCUT2D eigenvalue weighted by Gasteiger charge is -2.29. The number of likely N-dealkylation sites (N-methyl/N-ethyl adjacent to an activating group) is 1. The summed E-state index contributed by atoms with van der Waals surface area (Å²) in [4.78, 5) is 0. The van der Waals surface area contributed by atoms with Crippen LogP contribution in [-0.4, -0.2) is 30.2 Å². The summed E-state index contributed by atoms with van der Waals surface area (Å²) in [6, 6.07) is 0. The third kappa shape index (κ3) is 2.19. The highest BCUT2D eigenvalue weighted by Gasteiger charge is 2.43. The first-order valence-electron chi connectivity index (χ1n) is 3.06. The number of rotatable bonds is 3. The topological polar surface area (TPSA) is 32.3 Å². The van der Waals surface area contributed by atoms with Gasteiger partial charge in [-0.3, -0.25) is 0 Å². The highest BCUT2D eigenvalue weighted by Crippen LogP contribution is 2.26. The van der Waals surface area contributed by atoms with Gasteiger partial charge in [-0.25, -0.2) is 8.78 Å². The van der Waals surface area contributed by atoms with Gasteiger partial charge in [-0.2, -0.15) is 0 Å². The average molecular weight is 153 g/mol. The van der Waals surface area contributed by atoms with Gasteiger partial charge in [-0.05, 0) is 14.0 Å². The van der Waals surface area contributed by atoms with Crippen LogP contribution in [0.2, 0.25) is 0 Å². The largest absolute Gasteiger partial charge is 0.383 e. The predicted octanol–water partition coefficient (Wildman–Crippen LogP) is 0.612. The van der Waals surface area contributed by atoms with E-state index in [1.807, 2.05) is 0 Å². The molecule has 4 heteroatoms. The minimum Gasteiger partial charge on any atom is -0.383 e. The highest BCUT2D eigenvalue weighted by atomic mass is 19.3. The van der Waals surface area contributed by atoms with E-state index in [-0.39, 0.29) is 6.54 Å². The molecule has 10 heavy (non-hydrogen) atoms. The summed E-state index contributed by atoms with van der Waals surface area (Å²) in [6.07, 6.45) is 0. The molecule has 0 amide bonds. The van der Waals surface area contributed by atoms with Crippen molar-refractivity contribution < 1.29 is 13.9 Å². The first-order chi connectivity index (χ1) is 4.31. The van der Waals surface area contributed by atoms with Gasteiger partial charge in [0.25, 0.3) is 5.92 Å². The van der Waals surface area contributed by atoms with Crippen molar-refractivity contribution in [2.75, 3.05) is 13.6 Å². The maximum atomic E-state index is 12.4. The Morgan fingerprint density at radius 1 is 1.40 bits per heavy atom. The van der Waals surface area contributed by atoms with Crippen molar-refractivity contribution in [2.45, 2.75) is 25.4 Å². The van der Waals surface area contributed by atoms with Crippen LogP contribution >= 0.6 is 0 Å². The van der Waals surface area contributed by atoms with E-state index in [9.17, 15) is 8.78 Å². The molecule has 0 radical (unpaired) electrons. The SMILES string of the molecule is CNCC(C)(O)C(C)(F)F. The summed E-state index contributed by atoms with van der Waals surface area (Å²) >= 11 is 0. The molecule has 0 bridgehead atoms. The molecule has 0 heterocycles. The molecule has 0 aromatic heterocycles. The number of nitrogens with one attached hydrogen (secondary N) is 1. The van der Waals surface area contributed by atoms with Gasteiger partial charge < -0.3 is 10.4 Å². The number of alkyl halides is 2. The van der Waals surface area contributed by atoms with Gasteiger partial charge in [0.05, 0.1) is 0 Å². The molecular formula is C6H13F2NO.